The highest BCUT2D eigenvalue weighted by molar-refractivity contribution is 6.43. The molecule has 2 aromatic carbocycles. The van der Waals surface area contributed by atoms with Gasteiger partial charge in [0, 0.05) is 18.8 Å². The molecule has 160 valence electrons. The molecule has 0 aliphatic carbocycles. The standard InChI is InChI=1S/C23H27Cl2N3O2/c1-15-5-4-12-28(13-15)14-17-8-10-18(11-9-17)27-22(29)16(2)26-23(30)19-6-3-7-20(24)21(19)25/h3,6-11,15-16H,4-5,12-14H2,1-2H3,(H,26,30)(H,27,29). The first-order valence-electron chi connectivity index (χ1n) is 10.2. The number of rotatable bonds is 6. The summed E-state index contributed by atoms with van der Waals surface area (Å²) in [6.07, 6.45) is 2.55. The van der Waals surface area contributed by atoms with Crippen molar-refractivity contribution in [2.24, 2.45) is 5.92 Å². The Morgan fingerprint density at radius 3 is 2.60 bits per heavy atom. The average Bonchev–Trinajstić information content (AvgIpc) is 2.71. The summed E-state index contributed by atoms with van der Waals surface area (Å²) in [6.45, 7) is 7.11. The van der Waals surface area contributed by atoms with Gasteiger partial charge in [0.05, 0.1) is 15.6 Å². The molecular weight excluding hydrogens is 421 g/mol. The van der Waals surface area contributed by atoms with Crippen LogP contribution in [0.2, 0.25) is 10.0 Å². The lowest BCUT2D eigenvalue weighted by Gasteiger charge is -2.30. The number of halogens is 2. The van der Waals surface area contributed by atoms with E-state index in [-0.39, 0.29) is 16.5 Å². The average molecular weight is 448 g/mol. The van der Waals surface area contributed by atoms with Crippen molar-refractivity contribution in [2.45, 2.75) is 39.3 Å². The number of hydrogen-bond donors (Lipinski definition) is 2. The number of amides is 2. The number of hydrogen-bond acceptors (Lipinski definition) is 3. The maximum atomic E-state index is 12.5. The Morgan fingerprint density at radius 2 is 1.90 bits per heavy atom. The van der Waals surface area contributed by atoms with Crippen LogP contribution in [-0.2, 0) is 11.3 Å². The summed E-state index contributed by atoms with van der Waals surface area (Å²) >= 11 is 12.0. The third-order valence-electron chi connectivity index (χ3n) is 5.31. The Bertz CT molecular complexity index is 902. The minimum atomic E-state index is -0.734. The number of benzene rings is 2. The van der Waals surface area contributed by atoms with Crippen molar-refractivity contribution >= 4 is 40.7 Å². The number of piperidine rings is 1. The van der Waals surface area contributed by atoms with Crippen LogP contribution in [0.1, 0.15) is 42.6 Å². The number of likely N-dealkylation sites (tertiary alicyclic amines) is 1. The molecule has 1 fully saturated rings. The van der Waals surface area contributed by atoms with Crippen molar-refractivity contribution < 1.29 is 9.59 Å². The van der Waals surface area contributed by atoms with E-state index in [0.717, 1.165) is 25.6 Å². The Balaban J connectivity index is 1.53. The second-order valence-electron chi connectivity index (χ2n) is 7.97. The van der Waals surface area contributed by atoms with Crippen LogP contribution < -0.4 is 10.6 Å². The van der Waals surface area contributed by atoms with E-state index in [0.29, 0.717) is 10.7 Å². The fraction of sp³-hybridized carbons (Fsp3) is 0.391. The van der Waals surface area contributed by atoms with Gasteiger partial charge in [-0.1, -0.05) is 48.3 Å². The normalized spacial score (nSPS) is 17.9. The lowest BCUT2D eigenvalue weighted by molar-refractivity contribution is -0.117. The molecule has 2 unspecified atom stereocenters. The summed E-state index contributed by atoms with van der Waals surface area (Å²) < 4.78 is 0. The molecule has 3 rings (SSSR count). The molecule has 0 bridgehead atoms. The first-order valence-corrected chi connectivity index (χ1v) is 11.0. The number of nitrogens with zero attached hydrogens (tertiary/aromatic N) is 1. The highest BCUT2D eigenvalue weighted by atomic mass is 35.5. The van der Waals surface area contributed by atoms with Gasteiger partial charge in [0.15, 0.2) is 0 Å². The Hall–Kier alpha value is -2.08. The molecule has 2 N–H and O–H groups in total. The van der Waals surface area contributed by atoms with Crippen molar-refractivity contribution in [3.63, 3.8) is 0 Å². The van der Waals surface area contributed by atoms with Crippen LogP contribution in [0.4, 0.5) is 5.69 Å². The number of nitrogens with one attached hydrogen (secondary N) is 2. The fourth-order valence-electron chi connectivity index (χ4n) is 3.65. The molecule has 0 spiro atoms. The van der Waals surface area contributed by atoms with Crippen molar-refractivity contribution in [3.8, 4) is 0 Å². The zero-order chi connectivity index (χ0) is 21.7. The molecule has 1 saturated heterocycles. The molecule has 2 amide bonds. The van der Waals surface area contributed by atoms with Gasteiger partial charge in [-0.15, -0.1) is 0 Å². The van der Waals surface area contributed by atoms with E-state index in [1.807, 2.05) is 24.3 Å². The molecule has 0 radical (unpaired) electrons. The molecule has 7 heteroatoms. The molecule has 0 aromatic heterocycles. The summed E-state index contributed by atoms with van der Waals surface area (Å²) in [5.74, 6) is -0.00818. The predicted octanol–water partition coefficient (Wildman–Crippen LogP) is 4.98. The second-order valence-corrected chi connectivity index (χ2v) is 8.75. The number of carbonyl (C=O) groups is 2. The molecule has 1 heterocycles. The van der Waals surface area contributed by atoms with E-state index in [1.54, 1.807) is 25.1 Å². The Kier molecular flexibility index (Phi) is 7.75. The largest absolute Gasteiger partial charge is 0.340 e. The molecule has 2 atom stereocenters. The van der Waals surface area contributed by atoms with E-state index in [1.165, 1.54) is 18.4 Å². The zero-order valence-corrected chi connectivity index (χ0v) is 18.8. The van der Waals surface area contributed by atoms with Crippen LogP contribution in [0.15, 0.2) is 42.5 Å². The first kappa shape index (κ1) is 22.6. The van der Waals surface area contributed by atoms with Crippen LogP contribution in [0.3, 0.4) is 0 Å². The molecule has 30 heavy (non-hydrogen) atoms. The smallest absolute Gasteiger partial charge is 0.253 e. The van der Waals surface area contributed by atoms with Crippen LogP contribution in [0, 0.1) is 5.92 Å². The molecule has 5 nitrogen and oxygen atoms in total. The SMILES string of the molecule is CC1CCCN(Cc2ccc(NC(=O)C(C)NC(=O)c3cccc(Cl)c3Cl)cc2)C1. The van der Waals surface area contributed by atoms with Gasteiger partial charge < -0.3 is 10.6 Å². The Labute approximate surface area is 187 Å². The van der Waals surface area contributed by atoms with Gasteiger partial charge in [0.25, 0.3) is 5.91 Å². The highest BCUT2D eigenvalue weighted by Crippen LogP contribution is 2.25. The van der Waals surface area contributed by atoms with Gasteiger partial charge in [-0.3, -0.25) is 14.5 Å². The minimum absolute atomic E-state index is 0.169. The summed E-state index contributed by atoms with van der Waals surface area (Å²) in [4.78, 5) is 27.4. The second kappa shape index (κ2) is 10.3. The van der Waals surface area contributed by atoms with Crippen molar-refractivity contribution in [2.75, 3.05) is 18.4 Å². The highest BCUT2D eigenvalue weighted by Gasteiger charge is 2.20. The topological polar surface area (TPSA) is 61.4 Å². The monoisotopic (exact) mass is 447 g/mol. The van der Waals surface area contributed by atoms with E-state index in [9.17, 15) is 9.59 Å². The number of carbonyl (C=O) groups excluding carboxylic acids is 2. The van der Waals surface area contributed by atoms with Crippen LogP contribution in [0.25, 0.3) is 0 Å². The first-order chi connectivity index (χ1) is 14.3. The van der Waals surface area contributed by atoms with E-state index in [2.05, 4.69) is 22.5 Å². The maximum Gasteiger partial charge on any atom is 0.253 e. The van der Waals surface area contributed by atoms with Gasteiger partial charge in [-0.05, 0) is 62.1 Å². The summed E-state index contributed by atoms with van der Waals surface area (Å²) in [6, 6.07) is 11.9. The molecule has 0 saturated carbocycles. The van der Waals surface area contributed by atoms with Crippen molar-refractivity contribution in [1.29, 1.82) is 0 Å². The number of anilines is 1. The minimum Gasteiger partial charge on any atom is -0.340 e. The van der Waals surface area contributed by atoms with E-state index in [4.69, 9.17) is 23.2 Å². The quantitative estimate of drug-likeness (QED) is 0.655. The van der Waals surface area contributed by atoms with Gasteiger partial charge in [-0.25, -0.2) is 0 Å². The van der Waals surface area contributed by atoms with Crippen LogP contribution >= 0.6 is 23.2 Å². The lowest BCUT2D eigenvalue weighted by atomic mass is 10.00. The molecule has 1 aliphatic rings. The van der Waals surface area contributed by atoms with Gasteiger partial charge >= 0.3 is 0 Å². The third-order valence-corrected chi connectivity index (χ3v) is 6.12. The fourth-order valence-corrected chi connectivity index (χ4v) is 4.04. The molecular formula is C23H27Cl2N3O2. The van der Waals surface area contributed by atoms with E-state index < -0.39 is 11.9 Å². The van der Waals surface area contributed by atoms with Crippen molar-refractivity contribution in [1.82, 2.24) is 10.2 Å². The van der Waals surface area contributed by atoms with Crippen LogP contribution in [-0.4, -0.2) is 35.8 Å². The molecule has 1 aliphatic heterocycles. The third kappa shape index (κ3) is 5.97. The molecule has 2 aromatic rings. The Morgan fingerprint density at radius 1 is 1.17 bits per heavy atom. The van der Waals surface area contributed by atoms with Gasteiger partial charge in [0.1, 0.15) is 6.04 Å². The summed E-state index contributed by atoms with van der Waals surface area (Å²) in [5, 5.41) is 5.95. The summed E-state index contributed by atoms with van der Waals surface area (Å²) in [5.41, 5.74) is 2.15. The lowest BCUT2D eigenvalue weighted by Crippen LogP contribution is -2.41. The zero-order valence-electron chi connectivity index (χ0n) is 17.3. The van der Waals surface area contributed by atoms with Crippen molar-refractivity contribution in [3.05, 3.63) is 63.6 Å². The van der Waals surface area contributed by atoms with E-state index >= 15 is 0 Å². The predicted molar refractivity (Wildman–Crippen MR) is 122 cm³/mol. The van der Waals surface area contributed by atoms with Gasteiger partial charge in [0.2, 0.25) is 5.91 Å². The van der Waals surface area contributed by atoms with Gasteiger partial charge in [-0.2, -0.15) is 0 Å². The van der Waals surface area contributed by atoms with Crippen LogP contribution in [0.5, 0.6) is 0 Å². The summed E-state index contributed by atoms with van der Waals surface area (Å²) in [7, 11) is 0. The maximum absolute atomic E-state index is 12.5.